The molecule has 0 aliphatic rings. The average molecular weight is 291 g/mol. The number of nitrogens with zero attached hydrogens (tertiary/aromatic N) is 3. The number of hydrogen-bond donors (Lipinski definition) is 1. The average Bonchev–Trinajstić information content (AvgIpc) is 2.70. The lowest BCUT2D eigenvalue weighted by Gasteiger charge is -2.09. The molecule has 104 valence electrons. The van der Waals surface area contributed by atoms with Crippen LogP contribution in [0.5, 0.6) is 5.88 Å². The van der Waals surface area contributed by atoms with Crippen molar-refractivity contribution in [1.82, 2.24) is 9.78 Å². The molecule has 5 nitrogen and oxygen atoms in total. The van der Waals surface area contributed by atoms with Gasteiger partial charge in [-0.1, -0.05) is 11.6 Å². The lowest BCUT2D eigenvalue weighted by molar-refractivity contribution is 0.370. The smallest absolute Gasteiger partial charge is 0.216 e. The number of rotatable bonds is 4. The van der Waals surface area contributed by atoms with Crippen LogP contribution in [0, 0.1) is 18.3 Å². The van der Waals surface area contributed by atoms with Gasteiger partial charge in [-0.05, 0) is 25.1 Å². The Kier molecular flexibility index (Phi) is 4.16. The van der Waals surface area contributed by atoms with Crippen LogP contribution in [-0.2, 0) is 13.6 Å². The number of methoxy groups -OCH3 is 1. The van der Waals surface area contributed by atoms with E-state index < -0.39 is 0 Å². The van der Waals surface area contributed by atoms with E-state index >= 15 is 0 Å². The number of aryl methyl sites for hydroxylation is 2. The second-order valence-electron chi connectivity index (χ2n) is 4.36. The molecule has 0 saturated heterocycles. The molecule has 0 aliphatic heterocycles. The Hall–Kier alpha value is -2.19. The Balaban J connectivity index is 2.19. The standard InChI is InChI=1S/C14H15ClN4O/c1-9-11(14(20-3)19(2)18-9)8-17-13-5-4-10(7-16)6-12(13)15/h4-6,17H,8H2,1-3H3. The molecule has 20 heavy (non-hydrogen) atoms. The second kappa shape index (κ2) is 5.85. The van der Waals surface area contributed by atoms with Gasteiger partial charge in [-0.25, -0.2) is 4.68 Å². The molecule has 2 aromatic rings. The van der Waals surface area contributed by atoms with Crippen LogP contribution in [0.25, 0.3) is 0 Å². The van der Waals surface area contributed by atoms with Crippen LogP contribution in [0.2, 0.25) is 5.02 Å². The monoisotopic (exact) mass is 290 g/mol. The molecular formula is C14H15ClN4O. The number of halogens is 1. The zero-order chi connectivity index (χ0) is 14.7. The van der Waals surface area contributed by atoms with Crippen LogP contribution >= 0.6 is 11.6 Å². The van der Waals surface area contributed by atoms with E-state index in [1.165, 1.54) is 0 Å². The molecule has 0 radical (unpaired) electrons. The highest BCUT2D eigenvalue weighted by atomic mass is 35.5. The van der Waals surface area contributed by atoms with E-state index in [1.54, 1.807) is 30.0 Å². The highest BCUT2D eigenvalue weighted by Gasteiger charge is 2.13. The van der Waals surface area contributed by atoms with Gasteiger partial charge in [-0.2, -0.15) is 10.4 Å². The molecule has 1 N–H and O–H groups in total. The third-order valence-corrected chi connectivity index (χ3v) is 3.35. The van der Waals surface area contributed by atoms with Crippen LogP contribution in [-0.4, -0.2) is 16.9 Å². The second-order valence-corrected chi connectivity index (χ2v) is 4.76. The Morgan fingerprint density at radius 3 is 2.85 bits per heavy atom. The van der Waals surface area contributed by atoms with Gasteiger partial charge >= 0.3 is 0 Å². The van der Waals surface area contributed by atoms with Gasteiger partial charge in [0.25, 0.3) is 0 Å². The van der Waals surface area contributed by atoms with E-state index in [1.807, 2.05) is 14.0 Å². The summed E-state index contributed by atoms with van der Waals surface area (Å²) in [4.78, 5) is 0. The molecule has 0 spiro atoms. The number of nitriles is 1. The van der Waals surface area contributed by atoms with Crippen molar-refractivity contribution < 1.29 is 4.74 Å². The fraction of sp³-hybridized carbons (Fsp3) is 0.286. The summed E-state index contributed by atoms with van der Waals surface area (Å²) in [5.41, 5.74) is 3.20. The fourth-order valence-corrected chi connectivity index (χ4v) is 2.30. The molecule has 6 heteroatoms. The molecule has 0 aliphatic carbocycles. The summed E-state index contributed by atoms with van der Waals surface area (Å²) in [5, 5.41) is 16.9. The van der Waals surface area contributed by atoms with E-state index in [0.717, 1.165) is 22.8 Å². The molecule has 0 atom stereocenters. The molecule has 2 rings (SSSR count). The summed E-state index contributed by atoms with van der Waals surface area (Å²) in [6.45, 7) is 2.48. The van der Waals surface area contributed by atoms with Crippen molar-refractivity contribution in [3.8, 4) is 11.9 Å². The van der Waals surface area contributed by atoms with Crippen LogP contribution < -0.4 is 10.1 Å². The number of aromatic nitrogens is 2. The number of benzene rings is 1. The third kappa shape index (κ3) is 2.70. The summed E-state index contributed by atoms with van der Waals surface area (Å²) >= 11 is 6.13. The summed E-state index contributed by atoms with van der Waals surface area (Å²) in [5.74, 6) is 0.722. The van der Waals surface area contributed by atoms with Crippen molar-refractivity contribution in [2.75, 3.05) is 12.4 Å². The predicted octanol–water partition coefficient (Wildman–Crippen LogP) is 2.87. The first-order chi connectivity index (χ1) is 9.56. The Bertz CT molecular complexity index is 673. The predicted molar refractivity (Wildman–Crippen MR) is 78.0 cm³/mol. The molecule has 1 aromatic heterocycles. The van der Waals surface area contributed by atoms with Gasteiger partial charge in [0.1, 0.15) is 0 Å². The topological polar surface area (TPSA) is 62.9 Å². The maximum Gasteiger partial charge on any atom is 0.216 e. The van der Waals surface area contributed by atoms with Crippen molar-refractivity contribution in [1.29, 1.82) is 5.26 Å². The summed E-state index contributed by atoms with van der Waals surface area (Å²) in [6.07, 6.45) is 0. The maximum atomic E-state index is 8.81. The summed E-state index contributed by atoms with van der Waals surface area (Å²) in [7, 11) is 3.46. The van der Waals surface area contributed by atoms with Gasteiger partial charge in [0, 0.05) is 13.6 Å². The van der Waals surface area contributed by atoms with Crippen molar-refractivity contribution in [3.05, 3.63) is 40.0 Å². The van der Waals surface area contributed by atoms with Crippen LogP contribution in [0.1, 0.15) is 16.8 Å². The molecule has 0 bridgehead atoms. The molecule has 1 heterocycles. The summed E-state index contributed by atoms with van der Waals surface area (Å²) < 4.78 is 7.04. The quantitative estimate of drug-likeness (QED) is 0.940. The minimum atomic E-state index is 0.518. The van der Waals surface area contributed by atoms with Crippen molar-refractivity contribution in [2.24, 2.45) is 7.05 Å². The van der Waals surface area contributed by atoms with E-state index in [9.17, 15) is 0 Å². The Morgan fingerprint density at radius 1 is 1.50 bits per heavy atom. The van der Waals surface area contributed by atoms with Gasteiger partial charge in [0.15, 0.2) is 0 Å². The van der Waals surface area contributed by atoms with Crippen LogP contribution in [0.3, 0.4) is 0 Å². The van der Waals surface area contributed by atoms with Crippen molar-refractivity contribution >= 4 is 17.3 Å². The van der Waals surface area contributed by atoms with Gasteiger partial charge < -0.3 is 10.1 Å². The molecule has 0 unspecified atom stereocenters. The minimum Gasteiger partial charge on any atom is -0.481 e. The van der Waals surface area contributed by atoms with Crippen LogP contribution in [0.4, 0.5) is 5.69 Å². The molecule has 0 saturated carbocycles. The lowest BCUT2D eigenvalue weighted by Crippen LogP contribution is -2.03. The van der Waals surface area contributed by atoms with E-state index in [0.29, 0.717) is 17.1 Å². The Labute approximate surface area is 122 Å². The van der Waals surface area contributed by atoms with Gasteiger partial charge in [0.05, 0.1) is 40.7 Å². The first-order valence-corrected chi connectivity index (χ1v) is 6.44. The first kappa shape index (κ1) is 14.2. The minimum absolute atomic E-state index is 0.518. The molecule has 0 amide bonds. The van der Waals surface area contributed by atoms with Crippen molar-refractivity contribution in [2.45, 2.75) is 13.5 Å². The molecular weight excluding hydrogens is 276 g/mol. The largest absolute Gasteiger partial charge is 0.481 e. The number of hydrogen-bond acceptors (Lipinski definition) is 4. The molecule has 1 aromatic carbocycles. The molecule has 0 fully saturated rings. The highest BCUT2D eigenvalue weighted by Crippen LogP contribution is 2.26. The lowest BCUT2D eigenvalue weighted by atomic mass is 10.2. The first-order valence-electron chi connectivity index (χ1n) is 6.06. The maximum absolute atomic E-state index is 8.81. The zero-order valence-electron chi connectivity index (χ0n) is 11.6. The van der Waals surface area contributed by atoms with E-state index in [4.69, 9.17) is 21.6 Å². The number of ether oxygens (including phenoxy) is 1. The fourth-order valence-electron chi connectivity index (χ4n) is 2.05. The Morgan fingerprint density at radius 2 is 2.25 bits per heavy atom. The van der Waals surface area contributed by atoms with E-state index in [2.05, 4.69) is 16.5 Å². The normalized spacial score (nSPS) is 10.2. The van der Waals surface area contributed by atoms with Crippen LogP contribution in [0.15, 0.2) is 18.2 Å². The summed E-state index contributed by atoms with van der Waals surface area (Å²) in [6, 6.07) is 7.20. The van der Waals surface area contributed by atoms with Crippen molar-refractivity contribution in [3.63, 3.8) is 0 Å². The van der Waals surface area contributed by atoms with E-state index in [-0.39, 0.29) is 0 Å². The third-order valence-electron chi connectivity index (χ3n) is 3.04. The number of anilines is 1. The van der Waals surface area contributed by atoms with Gasteiger partial charge in [-0.3, -0.25) is 0 Å². The SMILES string of the molecule is COc1c(CNc2ccc(C#N)cc2Cl)c(C)nn1C. The number of nitrogens with one attached hydrogen (secondary N) is 1. The van der Waals surface area contributed by atoms with Gasteiger partial charge in [0.2, 0.25) is 5.88 Å². The highest BCUT2D eigenvalue weighted by molar-refractivity contribution is 6.33. The van der Waals surface area contributed by atoms with Gasteiger partial charge in [-0.15, -0.1) is 0 Å². The zero-order valence-corrected chi connectivity index (χ0v) is 12.3.